The Hall–Kier alpha value is -5.36. The van der Waals surface area contributed by atoms with Gasteiger partial charge in [-0.1, -0.05) is 60.2 Å². The predicted octanol–water partition coefficient (Wildman–Crippen LogP) is 7.71. The van der Waals surface area contributed by atoms with E-state index in [4.69, 9.17) is 21.4 Å². The van der Waals surface area contributed by atoms with E-state index in [2.05, 4.69) is 6.58 Å². The van der Waals surface area contributed by atoms with E-state index in [1.807, 2.05) is 62.4 Å². The van der Waals surface area contributed by atoms with Crippen LogP contribution in [-0.4, -0.2) is 51.7 Å². The van der Waals surface area contributed by atoms with Crippen LogP contribution in [0.5, 0.6) is 5.75 Å². The second kappa shape index (κ2) is 13.4. The van der Waals surface area contributed by atoms with Crippen molar-refractivity contribution in [2.75, 3.05) is 23.0 Å². The molecule has 4 amide bonds. The summed E-state index contributed by atoms with van der Waals surface area (Å²) in [5, 5.41) is 15.8. The molecule has 5 aromatic rings. The molecular weight excluding hydrogens is 748 g/mol. The minimum atomic E-state index is -1.22. The number of allylic oxidation sites excluding steroid dienone is 2. The predicted molar refractivity (Wildman–Crippen MR) is 216 cm³/mol. The number of aryl methyl sites for hydroxylation is 2. The topological polar surface area (TPSA) is 122 Å². The van der Waals surface area contributed by atoms with Crippen LogP contribution in [0.3, 0.4) is 0 Å². The highest BCUT2D eigenvalue weighted by Gasteiger charge is 2.68. The van der Waals surface area contributed by atoms with Gasteiger partial charge in [-0.2, -0.15) is 5.10 Å². The molecule has 12 heteroatoms. The van der Waals surface area contributed by atoms with Crippen molar-refractivity contribution >= 4 is 74.2 Å². The fourth-order valence-electron chi connectivity index (χ4n) is 9.76. The lowest BCUT2D eigenvalue weighted by molar-refractivity contribution is -0.131. The zero-order chi connectivity index (χ0) is 39.2. The lowest BCUT2D eigenvalue weighted by Crippen LogP contribution is -2.48. The van der Waals surface area contributed by atoms with E-state index < -0.39 is 35.0 Å². The highest BCUT2D eigenvalue weighted by Crippen LogP contribution is 2.64. The normalized spacial score (nSPS) is 25.7. The second-order valence-electron chi connectivity index (χ2n) is 15.3. The maximum atomic E-state index is 15.2. The maximum absolute atomic E-state index is 15.2. The van der Waals surface area contributed by atoms with Crippen LogP contribution in [0.4, 0.5) is 11.5 Å². The number of benzene rings is 3. The number of imide groups is 2. The second-order valence-corrected chi connectivity index (χ2v) is 16.8. The van der Waals surface area contributed by atoms with Crippen LogP contribution in [0, 0.1) is 36.0 Å². The molecule has 6 atom stereocenters. The Morgan fingerprint density at radius 3 is 2.45 bits per heavy atom. The molecule has 2 aliphatic heterocycles. The molecule has 0 spiro atoms. The average molecular weight is 787 g/mol. The molecule has 9 rings (SSSR count). The number of aliphatic hydroxyl groups is 1. The Balaban J connectivity index is 1.13. The van der Waals surface area contributed by atoms with Crippen LogP contribution < -0.4 is 14.5 Å². The summed E-state index contributed by atoms with van der Waals surface area (Å²) >= 11 is 7.90. The number of thiophene rings is 1. The van der Waals surface area contributed by atoms with Gasteiger partial charge in [0.05, 0.1) is 40.3 Å². The Morgan fingerprint density at radius 1 is 0.982 bits per heavy atom. The summed E-state index contributed by atoms with van der Waals surface area (Å²) < 4.78 is 8.30. The third-order valence-corrected chi connectivity index (χ3v) is 14.0. The number of carbonyl (C=O) groups is 4. The van der Waals surface area contributed by atoms with Crippen LogP contribution in [0.25, 0.3) is 26.7 Å². The number of rotatable bonds is 8. The summed E-state index contributed by atoms with van der Waals surface area (Å²) in [6.07, 6.45) is 4.33. The molecule has 1 N–H and O–H groups in total. The van der Waals surface area contributed by atoms with E-state index in [1.165, 1.54) is 9.80 Å². The zero-order valence-corrected chi connectivity index (χ0v) is 32.6. The van der Waals surface area contributed by atoms with E-state index in [0.29, 0.717) is 34.4 Å². The SMILES string of the molecule is C=Cc1ccc(N2C(=O)C3CC=C4C(CC5C(=O)N(c6cc(-c7sc8ccc(Cl)cc8c7C)nn6C)C(=O)C5(C)C4c4ccc(OCCO)cc4)C3C2=O)cc1. The van der Waals surface area contributed by atoms with Gasteiger partial charge in [-0.3, -0.25) is 28.8 Å². The number of ether oxygens (including phenoxy) is 1. The van der Waals surface area contributed by atoms with E-state index in [9.17, 15) is 19.5 Å². The third kappa shape index (κ3) is 5.28. The number of aliphatic hydroxyl groups excluding tert-OH is 1. The Morgan fingerprint density at radius 2 is 1.73 bits per heavy atom. The molecule has 0 bridgehead atoms. The van der Waals surface area contributed by atoms with Crippen molar-refractivity contribution in [1.29, 1.82) is 0 Å². The largest absolute Gasteiger partial charge is 0.491 e. The van der Waals surface area contributed by atoms with Crippen LogP contribution >= 0.6 is 22.9 Å². The highest BCUT2D eigenvalue weighted by atomic mass is 35.5. The van der Waals surface area contributed by atoms with Gasteiger partial charge in [-0.25, -0.2) is 4.90 Å². The van der Waals surface area contributed by atoms with Crippen molar-refractivity contribution in [3.63, 3.8) is 0 Å². The van der Waals surface area contributed by atoms with Crippen molar-refractivity contribution in [3.8, 4) is 16.3 Å². The van der Waals surface area contributed by atoms with Crippen molar-refractivity contribution in [1.82, 2.24) is 9.78 Å². The first kappa shape index (κ1) is 36.3. The molecule has 284 valence electrons. The maximum Gasteiger partial charge on any atom is 0.242 e. The first-order valence-corrected chi connectivity index (χ1v) is 19.9. The van der Waals surface area contributed by atoms with Crippen molar-refractivity contribution in [2.45, 2.75) is 32.6 Å². The van der Waals surface area contributed by atoms with Crippen LogP contribution in [0.2, 0.25) is 5.02 Å². The summed E-state index contributed by atoms with van der Waals surface area (Å²) in [7, 11) is 1.73. The molecule has 2 aliphatic carbocycles. The molecule has 3 fully saturated rings. The van der Waals surface area contributed by atoms with Gasteiger partial charge in [0, 0.05) is 28.8 Å². The average Bonchev–Trinajstić information content (AvgIpc) is 3.87. The van der Waals surface area contributed by atoms with Crippen LogP contribution in [-0.2, 0) is 26.2 Å². The number of anilines is 2. The summed E-state index contributed by atoms with van der Waals surface area (Å²) in [6.45, 7) is 7.69. The molecule has 0 radical (unpaired) electrons. The van der Waals surface area contributed by atoms with Crippen LogP contribution in [0.15, 0.2) is 91.0 Å². The number of hydrogen-bond acceptors (Lipinski definition) is 8. The first-order chi connectivity index (χ1) is 27.0. The van der Waals surface area contributed by atoms with Gasteiger partial charge in [-0.05, 0) is 97.1 Å². The molecule has 3 aromatic carbocycles. The summed E-state index contributed by atoms with van der Waals surface area (Å²) in [4.78, 5) is 62.1. The van der Waals surface area contributed by atoms with Crippen molar-refractivity contribution in [2.24, 2.45) is 36.1 Å². The molecule has 10 nitrogen and oxygen atoms in total. The molecule has 56 heavy (non-hydrogen) atoms. The first-order valence-electron chi connectivity index (χ1n) is 18.7. The van der Waals surface area contributed by atoms with Crippen molar-refractivity contribution in [3.05, 3.63) is 113 Å². The number of nitrogens with zero attached hydrogens (tertiary/aromatic N) is 4. The van der Waals surface area contributed by atoms with E-state index in [1.54, 1.807) is 59.5 Å². The minimum Gasteiger partial charge on any atom is -0.491 e. The molecule has 2 aromatic heterocycles. The molecule has 1 saturated carbocycles. The number of amides is 4. The molecule has 4 heterocycles. The van der Waals surface area contributed by atoms with Crippen molar-refractivity contribution < 1.29 is 29.0 Å². The Labute approximate surface area is 332 Å². The quantitative estimate of drug-likeness (QED) is 0.126. The molecule has 2 saturated heterocycles. The minimum absolute atomic E-state index is 0.130. The third-order valence-electron chi connectivity index (χ3n) is 12.5. The molecular formula is C44H39ClN4O6S. The standard InChI is InChI=1S/C44H39ClN4O6S/c1-5-24-6-11-27(12-7-24)48-40(51)30-16-15-29-32(37(30)42(48)53)21-33-41(52)49(43(54)44(33,3)38(29)25-8-13-28(14-9-25)55-19-18-50)36-22-34(46-47(36)4)39-23(2)31-20-26(45)10-17-35(31)56-39/h5-15,17,20,22,30,32-33,37-38,50H,1,16,18-19,21H2,2-4H3. The number of hydrogen-bond donors (Lipinski definition) is 1. The fourth-order valence-corrected chi connectivity index (χ4v) is 11.1. The molecule has 4 aliphatic rings. The lowest BCUT2D eigenvalue weighted by atomic mass is 9.51. The smallest absolute Gasteiger partial charge is 0.242 e. The van der Waals surface area contributed by atoms with Gasteiger partial charge in [0.15, 0.2) is 0 Å². The monoisotopic (exact) mass is 786 g/mol. The number of carbonyl (C=O) groups excluding carboxylic acids is 4. The lowest BCUT2D eigenvalue weighted by Gasteiger charge is -2.49. The number of halogens is 1. The van der Waals surface area contributed by atoms with Gasteiger partial charge < -0.3 is 9.84 Å². The van der Waals surface area contributed by atoms with E-state index >= 15 is 4.79 Å². The fraction of sp³-hybridized carbons (Fsp3) is 0.295. The van der Waals surface area contributed by atoms with Crippen LogP contribution in [0.1, 0.15) is 42.4 Å². The molecule has 6 unspecified atom stereocenters. The van der Waals surface area contributed by atoms with Gasteiger partial charge in [0.1, 0.15) is 23.9 Å². The Kier molecular flexibility index (Phi) is 8.68. The van der Waals surface area contributed by atoms with Gasteiger partial charge in [-0.15, -0.1) is 11.3 Å². The summed E-state index contributed by atoms with van der Waals surface area (Å²) in [6, 6.07) is 22.1. The van der Waals surface area contributed by atoms with Gasteiger partial charge >= 0.3 is 0 Å². The van der Waals surface area contributed by atoms with E-state index in [0.717, 1.165) is 37.2 Å². The number of aromatic nitrogens is 2. The highest BCUT2D eigenvalue weighted by molar-refractivity contribution is 7.22. The summed E-state index contributed by atoms with van der Waals surface area (Å²) in [5.74, 6) is -3.42. The Bertz CT molecular complexity index is 2520. The van der Waals surface area contributed by atoms with Gasteiger partial charge in [0.25, 0.3) is 0 Å². The van der Waals surface area contributed by atoms with Gasteiger partial charge in [0.2, 0.25) is 23.6 Å². The zero-order valence-electron chi connectivity index (χ0n) is 31.1. The summed E-state index contributed by atoms with van der Waals surface area (Å²) in [5.41, 5.74) is 3.49. The van der Waals surface area contributed by atoms with E-state index in [-0.39, 0.29) is 43.3 Å². The number of fused-ring (bicyclic) bond motifs is 5.